The van der Waals surface area contributed by atoms with Gasteiger partial charge in [0.05, 0.1) is 0 Å². The molecule has 19 heavy (non-hydrogen) atoms. The Kier molecular flexibility index (Phi) is 5.45. The third-order valence-corrected chi connectivity index (χ3v) is 4.93. The van der Waals surface area contributed by atoms with Crippen LogP contribution in [-0.4, -0.2) is 40.1 Å². The maximum Gasteiger partial charge on any atom is 0.225 e. The quantitative estimate of drug-likeness (QED) is 0.838. The maximum absolute atomic E-state index is 4.53. The highest BCUT2D eigenvalue weighted by molar-refractivity contribution is 8.00. The molecule has 1 aromatic rings. The fourth-order valence-electron chi connectivity index (χ4n) is 2.21. The average molecular weight is 280 g/mol. The molecule has 2 unspecified atom stereocenters. The molecule has 0 aliphatic carbocycles. The molecule has 0 radical (unpaired) electrons. The second kappa shape index (κ2) is 7.10. The van der Waals surface area contributed by atoms with Crippen molar-refractivity contribution >= 4 is 17.7 Å². The number of hydrogen-bond acceptors (Lipinski definition) is 5. The molecular formula is C14H24N4S. The van der Waals surface area contributed by atoms with Crippen LogP contribution in [0.4, 0.5) is 5.95 Å². The molecule has 0 spiro atoms. The summed E-state index contributed by atoms with van der Waals surface area (Å²) in [7, 11) is 0. The van der Waals surface area contributed by atoms with E-state index in [-0.39, 0.29) is 0 Å². The van der Waals surface area contributed by atoms with Crippen molar-refractivity contribution in [3.05, 3.63) is 18.0 Å². The Morgan fingerprint density at radius 2 is 2.11 bits per heavy atom. The minimum atomic E-state index is 0.503. The first-order valence-corrected chi connectivity index (χ1v) is 8.17. The third-order valence-electron chi connectivity index (χ3n) is 3.59. The monoisotopic (exact) mass is 280 g/mol. The normalized spacial score (nSPS) is 23.6. The van der Waals surface area contributed by atoms with Gasteiger partial charge in [-0.2, -0.15) is 11.8 Å². The van der Waals surface area contributed by atoms with E-state index in [2.05, 4.69) is 41.0 Å². The SMILES string of the molecule is CCCNCc1cnc(N2CCSC(C)C2C)nc1. The van der Waals surface area contributed by atoms with E-state index in [1.165, 1.54) is 0 Å². The van der Waals surface area contributed by atoms with Crippen molar-refractivity contribution < 1.29 is 0 Å². The molecule has 1 saturated heterocycles. The van der Waals surface area contributed by atoms with Gasteiger partial charge in [-0.1, -0.05) is 13.8 Å². The Labute approximate surface area is 120 Å². The van der Waals surface area contributed by atoms with Gasteiger partial charge in [0.25, 0.3) is 0 Å². The molecule has 0 saturated carbocycles. The van der Waals surface area contributed by atoms with Crippen LogP contribution >= 0.6 is 11.8 Å². The van der Waals surface area contributed by atoms with Crippen molar-refractivity contribution in [2.45, 2.75) is 45.0 Å². The Morgan fingerprint density at radius 1 is 1.37 bits per heavy atom. The fourth-order valence-corrected chi connectivity index (χ4v) is 3.31. The molecule has 1 N–H and O–H groups in total. The van der Waals surface area contributed by atoms with Gasteiger partial charge in [0.2, 0.25) is 5.95 Å². The van der Waals surface area contributed by atoms with Crippen LogP contribution in [0.3, 0.4) is 0 Å². The lowest BCUT2D eigenvalue weighted by atomic mass is 10.2. The van der Waals surface area contributed by atoms with Crippen LogP contribution in [0.2, 0.25) is 0 Å². The first-order chi connectivity index (χ1) is 9.22. The summed E-state index contributed by atoms with van der Waals surface area (Å²) >= 11 is 2.03. The Bertz CT molecular complexity index is 382. The van der Waals surface area contributed by atoms with Crippen LogP contribution in [0.5, 0.6) is 0 Å². The zero-order valence-electron chi connectivity index (χ0n) is 12.1. The standard InChI is InChI=1S/C14H24N4S/c1-4-5-15-8-13-9-16-14(17-10-13)18-6-7-19-12(3)11(18)2/h9-12,15H,4-8H2,1-3H3. The summed E-state index contributed by atoms with van der Waals surface area (Å²) in [5.41, 5.74) is 1.16. The minimum absolute atomic E-state index is 0.503. The third kappa shape index (κ3) is 3.83. The number of hydrogen-bond donors (Lipinski definition) is 1. The van der Waals surface area contributed by atoms with Gasteiger partial charge in [0.1, 0.15) is 0 Å². The smallest absolute Gasteiger partial charge is 0.225 e. The van der Waals surface area contributed by atoms with Gasteiger partial charge in [-0.05, 0) is 19.9 Å². The van der Waals surface area contributed by atoms with Crippen molar-refractivity contribution in [2.24, 2.45) is 0 Å². The topological polar surface area (TPSA) is 41.1 Å². The van der Waals surface area contributed by atoms with Crippen LogP contribution in [0.1, 0.15) is 32.8 Å². The number of thioether (sulfide) groups is 1. The highest BCUT2D eigenvalue weighted by Gasteiger charge is 2.26. The molecule has 1 fully saturated rings. The number of nitrogens with zero attached hydrogens (tertiary/aromatic N) is 3. The van der Waals surface area contributed by atoms with Gasteiger partial charge in [-0.25, -0.2) is 9.97 Å². The number of anilines is 1. The van der Waals surface area contributed by atoms with Gasteiger partial charge in [-0.3, -0.25) is 0 Å². The maximum atomic E-state index is 4.53. The Morgan fingerprint density at radius 3 is 2.79 bits per heavy atom. The van der Waals surface area contributed by atoms with E-state index in [4.69, 9.17) is 0 Å². The molecule has 4 nitrogen and oxygen atoms in total. The zero-order valence-corrected chi connectivity index (χ0v) is 12.9. The summed E-state index contributed by atoms with van der Waals surface area (Å²) in [5, 5.41) is 4.01. The van der Waals surface area contributed by atoms with Gasteiger partial charge in [0, 0.05) is 48.1 Å². The molecular weight excluding hydrogens is 256 g/mol. The molecule has 2 heterocycles. The molecule has 1 aliphatic rings. The van der Waals surface area contributed by atoms with E-state index < -0.39 is 0 Å². The molecule has 1 aliphatic heterocycles. The van der Waals surface area contributed by atoms with Gasteiger partial charge in [-0.15, -0.1) is 0 Å². The number of aromatic nitrogens is 2. The van der Waals surface area contributed by atoms with Gasteiger partial charge in [0.15, 0.2) is 0 Å². The van der Waals surface area contributed by atoms with Crippen molar-refractivity contribution in [1.82, 2.24) is 15.3 Å². The zero-order chi connectivity index (χ0) is 13.7. The van der Waals surface area contributed by atoms with Crippen LogP contribution in [0.25, 0.3) is 0 Å². The predicted octanol–water partition coefficient (Wildman–Crippen LogP) is 2.31. The summed E-state index contributed by atoms with van der Waals surface area (Å²) < 4.78 is 0. The second-order valence-electron chi connectivity index (χ2n) is 5.08. The van der Waals surface area contributed by atoms with Crippen LogP contribution < -0.4 is 10.2 Å². The van der Waals surface area contributed by atoms with E-state index in [9.17, 15) is 0 Å². The molecule has 2 rings (SSSR count). The lowest BCUT2D eigenvalue weighted by molar-refractivity contribution is 0.610. The van der Waals surface area contributed by atoms with Crippen LogP contribution in [0, 0.1) is 0 Å². The van der Waals surface area contributed by atoms with Crippen molar-refractivity contribution in [2.75, 3.05) is 23.7 Å². The molecule has 0 aromatic carbocycles. The number of nitrogens with one attached hydrogen (secondary N) is 1. The average Bonchev–Trinajstić information content (AvgIpc) is 2.43. The summed E-state index contributed by atoms with van der Waals surface area (Å²) in [5.74, 6) is 2.04. The van der Waals surface area contributed by atoms with Gasteiger partial charge < -0.3 is 10.2 Å². The summed E-state index contributed by atoms with van der Waals surface area (Å²) in [6.07, 6.45) is 5.05. The van der Waals surface area contributed by atoms with E-state index in [1.54, 1.807) is 0 Å². The molecule has 0 amide bonds. The summed E-state index contributed by atoms with van der Waals surface area (Å²) in [4.78, 5) is 11.4. The second-order valence-corrected chi connectivity index (χ2v) is 6.56. The summed E-state index contributed by atoms with van der Waals surface area (Å²) in [6, 6.07) is 0.503. The summed E-state index contributed by atoms with van der Waals surface area (Å²) in [6.45, 7) is 9.66. The lowest BCUT2D eigenvalue weighted by Crippen LogP contribution is -2.45. The van der Waals surface area contributed by atoms with Crippen LogP contribution in [-0.2, 0) is 6.54 Å². The lowest BCUT2D eigenvalue weighted by Gasteiger charge is -2.37. The molecule has 2 atom stereocenters. The predicted molar refractivity (Wildman–Crippen MR) is 82.8 cm³/mol. The van der Waals surface area contributed by atoms with Gasteiger partial charge >= 0.3 is 0 Å². The number of rotatable bonds is 5. The van der Waals surface area contributed by atoms with Crippen molar-refractivity contribution in [3.63, 3.8) is 0 Å². The first kappa shape index (κ1) is 14.6. The fraction of sp³-hybridized carbons (Fsp3) is 0.714. The van der Waals surface area contributed by atoms with Crippen molar-refractivity contribution in [1.29, 1.82) is 0 Å². The van der Waals surface area contributed by atoms with E-state index in [1.807, 2.05) is 24.2 Å². The van der Waals surface area contributed by atoms with E-state index >= 15 is 0 Å². The largest absolute Gasteiger partial charge is 0.336 e. The molecule has 106 valence electrons. The highest BCUT2D eigenvalue weighted by Crippen LogP contribution is 2.26. The van der Waals surface area contributed by atoms with Crippen molar-refractivity contribution in [3.8, 4) is 0 Å². The highest BCUT2D eigenvalue weighted by atomic mass is 32.2. The first-order valence-electron chi connectivity index (χ1n) is 7.12. The van der Waals surface area contributed by atoms with E-state index in [0.29, 0.717) is 11.3 Å². The van der Waals surface area contributed by atoms with E-state index in [0.717, 1.165) is 43.3 Å². The Hall–Kier alpha value is -0.810. The van der Waals surface area contributed by atoms with Crippen LogP contribution in [0.15, 0.2) is 12.4 Å². The minimum Gasteiger partial charge on any atom is -0.336 e. The molecule has 5 heteroatoms. The molecule has 1 aromatic heterocycles. The Balaban J connectivity index is 1.97. The molecule has 0 bridgehead atoms.